The predicted molar refractivity (Wildman–Crippen MR) is 79.4 cm³/mol. The zero-order chi connectivity index (χ0) is 14.6. The highest BCUT2D eigenvalue weighted by Gasteiger charge is 2.29. The van der Waals surface area contributed by atoms with Crippen molar-refractivity contribution in [2.75, 3.05) is 25.0 Å². The number of nitrogens with one attached hydrogen (secondary N) is 2. The lowest BCUT2D eigenvalue weighted by Crippen LogP contribution is -2.32. The van der Waals surface area contributed by atoms with Crippen LogP contribution in [-0.4, -0.2) is 33.7 Å². The first kappa shape index (κ1) is 15.3. The summed E-state index contributed by atoms with van der Waals surface area (Å²) in [4.78, 5) is 0.285. The van der Waals surface area contributed by atoms with Crippen LogP contribution in [0.3, 0.4) is 0 Å². The van der Waals surface area contributed by atoms with Crippen molar-refractivity contribution in [3.63, 3.8) is 0 Å². The molecule has 6 heteroatoms. The number of hydrogen-bond acceptors (Lipinski definition) is 4. The van der Waals surface area contributed by atoms with Gasteiger partial charge in [0.05, 0.1) is 10.5 Å². The maximum absolute atomic E-state index is 11.8. The average Bonchev–Trinajstić information content (AvgIpc) is 2.84. The van der Waals surface area contributed by atoms with E-state index in [4.69, 9.17) is 4.74 Å². The third kappa shape index (κ3) is 3.71. The molecular weight excluding hydrogens is 276 g/mol. The molecular formula is C14H22N2O3S. The molecule has 2 rings (SSSR count). The maximum atomic E-state index is 11.8. The van der Waals surface area contributed by atoms with Gasteiger partial charge >= 0.3 is 0 Å². The second kappa shape index (κ2) is 6.11. The van der Waals surface area contributed by atoms with Gasteiger partial charge < -0.3 is 10.1 Å². The van der Waals surface area contributed by atoms with Gasteiger partial charge in [-0.2, -0.15) is 0 Å². The minimum absolute atomic E-state index is 0.117. The zero-order valence-corrected chi connectivity index (χ0v) is 12.8. The summed E-state index contributed by atoms with van der Waals surface area (Å²) in [5, 5.41) is 3.30. The number of hydrogen-bond donors (Lipinski definition) is 2. The molecule has 1 heterocycles. The van der Waals surface area contributed by atoms with Gasteiger partial charge in [-0.1, -0.05) is 6.92 Å². The van der Waals surface area contributed by atoms with Gasteiger partial charge in [0.15, 0.2) is 0 Å². The monoisotopic (exact) mass is 298 g/mol. The van der Waals surface area contributed by atoms with Crippen molar-refractivity contribution >= 4 is 15.7 Å². The third-order valence-electron chi connectivity index (χ3n) is 3.47. The maximum Gasteiger partial charge on any atom is 0.240 e. The smallest absolute Gasteiger partial charge is 0.240 e. The molecule has 1 aromatic carbocycles. The van der Waals surface area contributed by atoms with Crippen LogP contribution in [0.2, 0.25) is 0 Å². The fourth-order valence-corrected chi connectivity index (χ4v) is 3.33. The Morgan fingerprint density at radius 1 is 1.30 bits per heavy atom. The van der Waals surface area contributed by atoms with E-state index in [0.717, 1.165) is 31.7 Å². The number of ether oxygens (including phenoxy) is 1. The zero-order valence-electron chi connectivity index (χ0n) is 12.0. The van der Waals surface area contributed by atoms with Gasteiger partial charge in [0.2, 0.25) is 10.0 Å². The fraction of sp³-hybridized carbons (Fsp3) is 0.571. The summed E-state index contributed by atoms with van der Waals surface area (Å²) in [5.41, 5.74) is 0.784. The lowest BCUT2D eigenvalue weighted by Gasteiger charge is -2.24. The highest BCUT2D eigenvalue weighted by Crippen LogP contribution is 2.25. The molecule has 0 aromatic heterocycles. The summed E-state index contributed by atoms with van der Waals surface area (Å²) in [6.45, 7) is 5.79. The largest absolute Gasteiger partial charge is 0.382 e. The van der Waals surface area contributed by atoms with Crippen LogP contribution in [0.1, 0.15) is 26.7 Å². The highest BCUT2D eigenvalue weighted by molar-refractivity contribution is 7.89. The Morgan fingerprint density at radius 3 is 2.55 bits per heavy atom. The van der Waals surface area contributed by atoms with Crippen molar-refractivity contribution in [3.8, 4) is 0 Å². The van der Waals surface area contributed by atoms with Crippen molar-refractivity contribution < 1.29 is 13.2 Å². The molecule has 0 saturated carbocycles. The van der Waals surface area contributed by atoms with E-state index < -0.39 is 10.0 Å². The Hall–Kier alpha value is -1.11. The lowest BCUT2D eigenvalue weighted by molar-refractivity contribution is 0.0315. The minimum atomic E-state index is -3.37. The predicted octanol–water partition coefficient (Wildman–Crippen LogP) is 1.97. The molecule has 1 atom stereocenters. The first-order valence-electron chi connectivity index (χ1n) is 6.93. The molecule has 1 aliphatic rings. The van der Waals surface area contributed by atoms with E-state index >= 15 is 0 Å². The van der Waals surface area contributed by atoms with Crippen molar-refractivity contribution in [2.24, 2.45) is 0 Å². The Kier molecular flexibility index (Phi) is 4.67. The molecule has 1 aliphatic heterocycles. The number of anilines is 1. The summed E-state index contributed by atoms with van der Waals surface area (Å²) < 4.78 is 31.8. The van der Waals surface area contributed by atoms with E-state index in [9.17, 15) is 8.42 Å². The third-order valence-corrected chi connectivity index (χ3v) is 5.03. The van der Waals surface area contributed by atoms with Crippen molar-refractivity contribution in [3.05, 3.63) is 24.3 Å². The summed E-state index contributed by atoms with van der Waals surface area (Å²) in [6.07, 6.45) is 2.14. The van der Waals surface area contributed by atoms with Crippen LogP contribution in [0.25, 0.3) is 0 Å². The lowest BCUT2D eigenvalue weighted by atomic mass is 10.0. The molecule has 20 heavy (non-hydrogen) atoms. The van der Waals surface area contributed by atoms with Gasteiger partial charge in [0.1, 0.15) is 0 Å². The second-order valence-electron chi connectivity index (χ2n) is 5.28. The number of sulfonamides is 1. The quantitative estimate of drug-likeness (QED) is 0.842. The van der Waals surface area contributed by atoms with E-state index in [0.29, 0.717) is 6.54 Å². The van der Waals surface area contributed by atoms with E-state index in [1.54, 1.807) is 31.2 Å². The summed E-state index contributed by atoms with van der Waals surface area (Å²) >= 11 is 0. The molecule has 5 nitrogen and oxygen atoms in total. The van der Waals surface area contributed by atoms with Crippen LogP contribution < -0.4 is 10.0 Å². The van der Waals surface area contributed by atoms with Crippen molar-refractivity contribution in [2.45, 2.75) is 37.2 Å². The molecule has 112 valence electrons. The molecule has 0 spiro atoms. The first-order chi connectivity index (χ1) is 9.45. The summed E-state index contributed by atoms with van der Waals surface area (Å²) in [5.74, 6) is 0. The Labute approximate surface area is 120 Å². The van der Waals surface area contributed by atoms with Gasteiger partial charge in [-0.25, -0.2) is 13.1 Å². The molecule has 1 unspecified atom stereocenters. The first-order valence-corrected chi connectivity index (χ1v) is 8.41. The van der Waals surface area contributed by atoms with Crippen LogP contribution in [0.4, 0.5) is 5.69 Å². The molecule has 0 aliphatic carbocycles. The second-order valence-corrected chi connectivity index (χ2v) is 7.05. The summed E-state index contributed by atoms with van der Waals surface area (Å²) in [6, 6.07) is 6.78. The molecule has 1 fully saturated rings. The van der Waals surface area contributed by atoms with E-state index in [2.05, 4.69) is 17.0 Å². The van der Waals surface area contributed by atoms with Crippen molar-refractivity contribution in [1.82, 2.24) is 4.72 Å². The van der Waals surface area contributed by atoms with E-state index in [1.807, 2.05) is 0 Å². The van der Waals surface area contributed by atoms with Crippen LogP contribution in [0, 0.1) is 0 Å². The van der Waals surface area contributed by atoms with Crippen LogP contribution >= 0.6 is 0 Å². The molecule has 0 radical (unpaired) electrons. The topological polar surface area (TPSA) is 67.4 Å². The Bertz CT molecular complexity index is 534. The van der Waals surface area contributed by atoms with Crippen molar-refractivity contribution in [1.29, 1.82) is 0 Å². The standard InChI is InChI=1S/C14H22N2O3S/c1-3-16-20(17,18)13-7-5-12(6-8-13)15-11-14(2)9-4-10-19-14/h5-8,15-16H,3-4,9-11H2,1-2H3. The normalized spacial score (nSPS) is 22.9. The molecule has 0 bridgehead atoms. The summed E-state index contributed by atoms with van der Waals surface area (Å²) in [7, 11) is -3.37. The van der Waals surface area contributed by atoms with Gasteiger partial charge in [0, 0.05) is 25.4 Å². The minimum Gasteiger partial charge on any atom is -0.382 e. The van der Waals surface area contributed by atoms with Gasteiger partial charge in [0.25, 0.3) is 0 Å². The van der Waals surface area contributed by atoms with Gasteiger partial charge in [-0.15, -0.1) is 0 Å². The Morgan fingerprint density at radius 2 is 2.00 bits per heavy atom. The Balaban J connectivity index is 1.98. The average molecular weight is 298 g/mol. The fourth-order valence-electron chi connectivity index (χ4n) is 2.29. The molecule has 1 aromatic rings. The van der Waals surface area contributed by atoms with Crippen LogP contribution in [0.15, 0.2) is 29.2 Å². The SMILES string of the molecule is CCNS(=O)(=O)c1ccc(NCC2(C)CCCO2)cc1. The number of benzene rings is 1. The van der Waals surface area contributed by atoms with Crippen LogP contribution in [0.5, 0.6) is 0 Å². The molecule has 1 saturated heterocycles. The van der Waals surface area contributed by atoms with Gasteiger partial charge in [-0.3, -0.25) is 0 Å². The number of rotatable bonds is 6. The van der Waals surface area contributed by atoms with E-state index in [-0.39, 0.29) is 10.5 Å². The van der Waals surface area contributed by atoms with Gasteiger partial charge in [-0.05, 0) is 44.0 Å². The molecule has 0 amide bonds. The highest BCUT2D eigenvalue weighted by atomic mass is 32.2. The molecule has 2 N–H and O–H groups in total. The van der Waals surface area contributed by atoms with E-state index in [1.165, 1.54) is 0 Å². The van der Waals surface area contributed by atoms with Crippen LogP contribution in [-0.2, 0) is 14.8 Å².